The Morgan fingerprint density at radius 1 is 1.43 bits per heavy atom. The number of hydrogen-bond acceptors (Lipinski definition) is 4. The van der Waals surface area contributed by atoms with Crippen LogP contribution in [-0.2, 0) is 7.05 Å². The average molecular weight is 322 g/mol. The lowest BCUT2D eigenvalue weighted by molar-refractivity contribution is 0.0768. The van der Waals surface area contributed by atoms with Gasteiger partial charge < -0.3 is 14.9 Å². The smallest absolute Gasteiger partial charge is 0.272 e. The third-order valence-corrected chi connectivity index (χ3v) is 4.89. The summed E-state index contributed by atoms with van der Waals surface area (Å²) >= 11 is 0. The number of aryl methyl sites for hydroxylation is 1. The second-order valence-corrected chi connectivity index (χ2v) is 7.00. The van der Waals surface area contributed by atoms with E-state index in [1.54, 1.807) is 4.68 Å². The van der Waals surface area contributed by atoms with E-state index in [1.165, 1.54) is 0 Å². The van der Waals surface area contributed by atoms with Gasteiger partial charge in [0.05, 0.1) is 5.69 Å². The lowest BCUT2D eigenvalue weighted by Crippen LogP contribution is -2.32. The van der Waals surface area contributed by atoms with Crippen molar-refractivity contribution in [3.63, 3.8) is 0 Å². The molecule has 0 bridgehead atoms. The Kier molecular flexibility index (Phi) is 5.81. The van der Waals surface area contributed by atoms with Crippen molar-refractivity contribution in [2.75, 3.05) is 39.8 Å². The predicted octanol–water partition coefficient (Wildman–Crippen LogP) is 1.18. The number of hydrogen-bond donors (Lipinski definition) is 1. The second kappa shape index (κ2) is 7.45. The Morgan fingerprint density at radius 2 is 2.09 bits per heavy atom. The van der Waals surface area contributed by atoms with E-state index in [2.05, 4.69) is 37.8 Å². The van der Waals surface area contributed by atoms with Crippen LogP contribution in [0.25, 0.3) is 0 Å². The minimum atomic E-state index is 0.0204. The van der Waals surface area contributed by atoms with Crippen LogP contribution >= 0.6 is 0 Å². The Bertz CT molecular complexity index is 541. The summed E-state index contributed by atoms with van der Waals surface area (Å²) in [4.78, 5) is 16.9. The number of likely N-dealkylation sites (tertiary alicyclic amines) is 1. The van der Waals surface area contributed by atoms with Crippen molar-refractivity contribution in [1.82, 2.24) is 19.6 Å². The highest BCUT2D eigenvalue weighted by molar-refractivity contribution is 5.93. The van der Waals surface area contributed by atoms with E-state index in [1.807, 2.05) is 18.0 Å². The molecule has 1 aliphatic rings. The first kappa shape index (κ1) is 17.9. The predicted molar refractivity (Wildman–Crippen MR) is 90.4 cm³/mol. The van der Waals surface area contributed by atoms with E-state index < -0.39 is 0 Å². The zero-order valence-corrected chi connectivity index (χ0v) is 15.0. The molecule has 130 valence electrons. The molecule has 6 heteroatoms. The van der Waals surface area contributed by atoms with E-state index in [4.69, 9.17) is 0 Å². The van der Waals surface area contributed by atoms with Crippen LogP contribution in [0.2, 0.25) is 0 Å². The number of aliphatic hydroxyl groups is 1. The standard InChI is InChI=1S/C17H30N4O2/c1-6-19(4)8-13-9-21(10-14(13)11-22)17(23)16-7-15(12(2)3)18-20(16)5/h7,12-14,22H,6,8-11H2,1-5H3/t13-,14-/m1/s1. The lowest BCUT2D eigenvalue weighted by Gasteiger charge is -2.22. The van der Waals surface area contributed by atoms with Crippen molar-refractivity contribution < 1.29 is 9.90 Å². The number of carbonyl (C=O) groups excluding carboxylic acids is 1. The van der Waals surface area contributed by atoms with Crippen molar-refractivity contribution in [3.8, 4) is 0 Å². The lowest BCUT2D eigenvalue weighted by atomic mass is 9.96. The summed E-state index contributed by atoms with van der Waals surface area (Å²) in [6, 6.07) is 1.90. The van der Waals surface area contributed by atoms with Gasteiger partial charge in [0, 0.05) is 39.2 Å². The molecule has 23 heavy (non-hydrogen) atoms. The molecule has 0 unspecified atom stereocenters. The minimum Gasteiger partial charge on any atom is -0.396 e. The monoisotopic (exact) mass is 322 g/mol. The summed E-state index contributed by atoms with van der Waals surface area (Å²) in [7, 11) is 3.90. The maximum atomic E-state index is 12.8. The van der Waals surface area contributed by atoms with Gasteiger partial charge in [-0.25, -0.2) is 0 Å². The van der Waals surface area contributed by atoms with Gasteiger partial charge in [-0.05, 0) is 31.5 Å². The summed E-state index contributed by atoms with van der Waals surface area (Å²) in [5.74, 6) is 0.807. The van der Waals surface area contributed by atoms with Gasteiger partial charge in [-0.1, -0.05) is 20.8 Å². The fourth-order valence-corrected chi connectivity index (χ4v) is 3.18. The molecule has 2 heterocycles. The molecule has 0 spiro atoms. The highest BCUT2D eigenvalue weighted by Gasteiger charge is 2.36. The summed E-state index contributed by atoms with van der Waals surface area (Å²) in [6.07, 6.45) is 0. The van der Waals surface area contributed by atoms with Gasteiger partial charge in [-0.2, -0.15) is 5.10 Å². The fourth-order valence-electron chi connectivity index (χ4n) is 3.18. The minimum absolute atomic E-state index is 0.0204. The number of aliphatic hydroxyl groups excluding tert-OH is 1. The zero-order chi connectivity index (χ0) is 17.1. The quantitative estimate of drug-likeness (QED) is 0.854. The topological polar surface area (TPSA) is 61.6 Å². The van der Waals surface area contributed by atoms with Crippen LogP contribution in [0.15, 0.2) is 6.07 Å². The van der Waals surface area contributed by atoms with E-state index in [0.29, 0.717) is 30.6 Å². The van der Waals surface area contributed by atoms with Gasteiger partial charge in [0.15, 0.2) is 0 Å². The molecule has 1 saturated heterocycles. The molecular formula is C17H30N4O2. The number of aromatic nitrogens is 2. The van der Waals surface area contributed by atoms with Gasteiger partial charge in [0.25, 0.3) is 5.91 Å². The molecule has 1 amide bonds. The van der Waals surface area contributed by atoms with Crippen LogP contribution in [0.3, 0.4) is 0 Å². The number of amides is 1. The van der Waals surface area contributed by atoms with E-state index in [9.17, 15) is 9.90 Å². The molecule has 6 nitrogen and oxygen atoms in total. The summed E-state index contributed by atoms with van der Waals surface area (Å²) in [5.41, 5.74) is 1.57. The van der Waals surface area contributed by atoms with Crippen molar-refractivity contribution >= 4 is 5.91 Å². The molecule has 1 aliphatic heterocycles. The largest absolute Gasteiger partial charge is 0.396 e. The molecule has 0 saturated carbocycles. The molecule has 0 aromatic carbocycles. The number of carbonyl (C=O) groups is 1. The molecule has 1 aromatic rings. The Labute approximate surface area is 139 Å². The van der Waals surface area contributed by atoms with Crippen molar-refractivity contribution in [3.05, 3.63) is 17.5 Å². The first-order chi connectivity index (χ1) is 10.9. The highest BCUT2D eigenvalue weighted by atomic mass is 16.3. The van der Waals surface area contributed by atoms with E-state index >= 15 is 0 Å². The summed E-state index contributed by atoms with van der Waals surface area (Å²) in [6.45, 7) is 9.62. The van der Waals surface area contributed by atoms with Crippen LogP contribution in [0.1, 0.15) is 42.9 Å². The molecule has 2 rings (SSSR count). The normalized spacial score (nSPS) is 21.7. The maximum Gasteiger partial charge on any atom is 0.272 e. The molecular weight excluding hydrogens is 292 g/mol. The van der Waals surface area contributed by atoms with Gasteiger partial charge in [0.1, 0.15) is 5.69 Å². The second-order valence-electron chi connectivity index (χ2n) is 7.00. The zero-order valence-electron chi connectivity index (χ0n) is 15.0. The van der Waals surface area contributed by atoms with Crippen LogP contribution in [0.4, 0.5) is 0 Å². The number of nitrogens with zero attached hydrogens (tertiary/aromatic N) is 4. The molecule has 2 atom stereocenters. The van der Waals surface area contributed by atoms with Crippen molar-refractivity contribution in [1.29, 1.82) is 0 Å². The van der Waals surface area contributed by atoms with E-state index in [-0.39, 0.29) is 18.4 Å². The maximum absolute atomic E-state index is 12.8. The third-order valence-electron chi connectivity index (χ3n) is 4.89. The molecule has 1 N–H and O–H groups in total. The Morgan fingerprint density at radius 3 is 2.61 bits per heavy atom. The molecule has 0 radical (unpaired) electrons. The Hall–Kier alpha value is -1.40. The average Bonchev–Trinajstić information content (AvgIpc) is 3.10. The van der Waals surface area contributed by atoms with Crippen LogP contribution in [-0.4, -0.2) is 70.4 Å². The van der Waals surface area contributed by atoms with Crippen molar-refractivity contribution in [2.45, 2.75) is 26.7 Å². The van der Waals surface area contributed by atoms with Gasteiger partial charge >= 0.3 is 0 Å². The SMILES string of the molecule is CCN(C)C[C@@H]1CN(C(=O)c2cc(C(C)C)nn2C)C[C@@H]1CO. The van der Waals surface area contributed by atoms with Crippen molar-refractivity contribution in [2.24, 2.45) is 18.9 Å². The highest BCUT2D eigenvalue weighted by Crippen LogP contribution is 2.26. The Balaban J connectivity index is 2.11. The first-order valence-corrected chi connectivity index (χ1v) is 8.49. The van der Waals surface area contributed by atoms with Crippen LogP contribution in [0.5, 0.6) is 0 Å². The van der Waals surface area contributed by atoms with Gasteiger partial charge in [-0.15, -0.1) is 0 Å². The fraction of sp³-hybridized carbons (Fsp3) is 0.765. The van der Waals surface area contributed by atoms with E-state index in [0.717, 1.165) is 18.8 Å². The molecule has 1 fully saturated rings. The molecule has 0 aliphatic carbocycles. The first-order valence-electron chi connectivity index (χ1n) is 8.49. The third kappa shape index (κ3) is 3.93. The number of rotatable bonds is 6. The van der Waals surface area contributed by atoms with Gasteiger partial charge in [-0.3, -0.25) is 9.48 Å². The van der Waals surface area contributed by atoms with Gasteiger partial charge in [0.2, 0.25) is 0 Å². The van der Waals surface area contributed by atoms with Crippen LogP contribution in [0, 0.1) is 11.8 Å². The summed E-state index contributed by atoms with van der Waals surface area (Å²) in [5, 5.41) is 14.1. The van der Waals surface area contributed by atoms with Crippen LogP contribution < -0.4 is 0 Å². The summed E-state index contributed by atoms with van der Waals surface area (Å²) < 4.78 is 1.68. The molecule has 1 aromatic heterocycles.